The summed E-state index contributed by atoms with van der Waals surface area (Å²) in [4.78, 5) is 0. The molecule has 4 nitrogen and oxygen atoms in total. The van der Waals surface area contributed by atoms with Crippen LogP contribution in [0.1, 0.15) is 30.9 Å². The summed E-state index contributed by atoms with van der Waals surface area (Å²) >= 11 is 6.18. The monoisotopic (exact) mass is 286 g/mol. The fraction of sp³-hybridized carbons (Fsp3) is 0.571. The van der Waals surface area contributed by atoms with Crippen molar-refractivity contribution in [1.82, 2.24) is 0 Å². The van der Waals surface area contributed by atoms with Crippen LogP contribution in [0.3, 0.4) is 0 Å². The molecule has 0 fully saturated rings. The van der Waals surface area contributed by atoms with E-state index in [0.717, 1.165) is 18.4 Å². The predicted molar refractivity (Wildman–Crippen MR) is 73.1 cm³/mol. The fourth-order valence-corrected chi connectivity index (χ4v) is 2.30. The predicted octanol–water partition coefficient (Wildman–Crippen LogP) is 2.96. The zero-order valence-corrected chi connectivity index (χ0v) is 11.8. The van der Waals surface area contributed by atoms with Gasteiger partial charge in [-0.3, -0.25) is 0 Å². The van der Waals surface area contributed by atoms with E-state index in [0.29, 0.717) is 42.8 Å². The molecule has 1 aromatic rings. The van der Waals surface area contributed by atoms with E-state index in [-0.39, 0.29) is 0 Å². The van der Waals surface area contributed by atoms with Crippen LogP contribution in [0.25, 0.3) is 0 Å². The third-order valence-corrected chi connectivity index (χ3v) is 3.32. The maximum absolute atomic E-state index is 10.1. The Labute approximate surface area is 118 Å². The topological polar surface area (TPSA) is 47.9 Å². The third-order valence-electron chi connectivity index (χ3n) is 3.04. The van der Waals surface area contributed by atoms with E-state index >= 15 is 0 Å². The first-order chi connectivity index (χ1) is 9.22. The number of rotatable bonds is 5. The van der Waals surface area contributed by atoms with Crippen LogP contribution in [0.5, 0.6) is 11.5 Å². The van der Waals surface area contributed by atoms with Gasteiger partial charge in [0.1, 0.15) is 0 Å². The molecule has 0 radical (unpaired) electrons. The molecule has 0 bridgehead atoms. The van der Waals surface area contributed by atoms with Gasteiger partial charge in [-0.25, -0.2) is 0 Å². The standard InChI is InChI=1S/C14H19ClO4/c1-17-5-2-4-12(16)10-8-11(15)14-13(9-10)18-6-3-7-19-14/h8-9,12,16H,2-7H2,1H3. The van der Waals surface area contributed by atoms with Crippen LogP contribution >= 0.6 is 11.6 Å². The van der Waals surface area contributed by atoms with Crippen LogP contribution < -0.4 is 9.47 Å². The van der Waals surface area contributed by atoms with Crippen molar-refractivity contribution in [3.8, 4) is 11.5 Å². The van der Waals surface area contributed by atoms with Gasteiger partial charge in [0.05, 0.1) is 24.3 Å². The maximum Gasteiger partial charge on any atom is 0.179 e. The fourth-order valence-electron chi connectivity index (χ4n) is 2.03. The molecule has 1 aromatic carbocycles. The van der Waals surface area contributed by atoms with Crippen molar-refractivity contribution in [2.24, 2.45) is 0 Å². The molecule has 0 aromatic heterocycles. The summed E-state index contributed by atoms with van der Waals surface area (Å²) in [7, 11) is 1.65. The molecule has 5 heteroatoms. The minimum atomic E-state index is -0.565. The molecule has 1 N–H and O–H groups in total. The first kappa shape index (κ1) is 14.4. The van der Waals surface area contributed by atoms with Gasteiger partial charge in [-0.1, -0.05) is 11.6 Å². The van der Waals surface area contributed by atoms with Gasteiger partial charge in [-0.05, 0) is 30.5 Å². The van der Waals surface area contributed by atoms with Crippen LogP contribution in [0.15, 0.2) is 12.1 Å². The lowest BCUT2D eigenvalue weighted by Gasteiger charge is -2.15. The summed E-state index contributed by atoms with van der Waals surface area (Å²) in [6.07, 6.45) is 1.69. The van der Waals surface area contributed by atoms with Crippen LogP contribution in [-0.4, -0.2) is 32.0 Å². The number of halogens is 1. The number of aliphatic hydroxyl groups excluding tert-OH is 1. The minimum absolute atomic E-state index is 0.486. The highest BCUT2D eigenvalue weighted by atomic mass is 35.5. The summed E-state index contributed by atoms with van der Waals surface area (Å²) < 4.78 is 16.1. The van der Waals surface area contributed by atoms with E-state index in [1.807, 2.05) is 6.07 Å². The molecule has 1 unspecified atom stereocenters. The van der Waals surface area contributed by atoms with Crippen LogP contribution in [-0.2, 0) is 4.74 Å². The van der Waals surface area contributed by atoms with Gasteiger partial charge in [0.2, 0.25) is 0 Å². The Bertz CT molecular complexity index is 422. The van der Waals surface area contributed by atoms with Crippen molar-refractivity contribution in [3.05, 3.63) is 22.7 Å². The molecule has 1 heterocycles. The second kappa shape index (κ2) is 6.98. The van der Waals surface area contributed by atoms with Crippen LogP contribution in [0, 0.1) is 0 Å². The Morgan fingerprint density at radius 3 is 2.95 bits per heavy atom. The van der Waals surface area contributed by atoms with Crippen LogP contribution in [0.2, 0.25) is 5.02 Å². The summed E-state index contributed by atoms with van der Waals surface area (Å²) in [5.74, 6) is 1.19. The number of ether oxygens (including phenoxy) is 3. The Kier molecular flexibility index (Phi) is 5.31. The molecule has 0 spiro atoms. The van der Waals surface area contributed by atoms with E-state index in [4.69, 9.17) is 25.8 Å². The summed E-state index contributed by atoms with van der Waals surface area (Å²) in [6.45, 7) is 1.84. The van der Waals surface area contributed by atoms with Crippen molar-refractivity contribution in [3.63, 3.8) is 0 Å². The molecular weight excluding hydrogens is 268 g/mol. The summed E-state index contributed by atoms with van der Waals surface area (Å²) in [5, 5.41) is 10.6. The van der Waals surface area contributed by atoms with E-state index in [2.05, 4.69) is 0 Å². The lowest BCUT2D eigenvalue weighted by Crippen LogP contribution is -2.01. The van der Waals surface area contributed by atoms with Gasteiger partial charge in [-0.15, -0.1) is 0 Å². The average molecular weight is 287 g/mol. The lowest BCUT2D eigenvalue weighted by molar-refractivity contribution is 0.136. The Morgan fingerprint density at radius 2 is 2.16 bits per heavy atom. The Morgan fingerprint density at radius 1 is 1.37 bits per heavy atom. The van der Waals surface area contributed by atoms with E-state index in [1.54, 1.807) is 13.2 Å². The molecule has 1 aliphatic rings. The smallest absolute Gasteiger partial charge is 0.179 e. The highest BCUT2D eigenvalue weighted by Crippen LogP contribution is 2.39. The number of fused-ring (bicyclic) bond motifs is 1. The largest absolute Gasteiger partial charge is 0.489 e. The summed E-state index contributed by atoms with van der Waals surface area (Å²) in [5.41, 5.74) is 0.755. The zero-order valence-electron chi connectivity index (χ0n) is 11.0. The quantitative estimate of drug-likeness (QED) is 0.846. The van der Waals surface area contributed by atoms with Gasteiger partial charge >= 0.3 is 0 Å². The molecule has 19 heavy (non-hydrogen) atoms. The highest BCUT2D eigenvalue weighted by Gasteiger charge is 2.18. The van der Waals surface area contributed by atoms with E-state index in [9.17, 15) is 5.11 Å². The van der Waals surface area contributed by atoms with E-state index < -0.39 is 6.10 Å². The van der Waals surface area contributed by atoms with Gasteiger partial charge in [0, 0.05) is 20.1 Å². The molecule has 1 atom stereocenters. The number of benzene rings is 1. The van der Waals surface area contributed by atoms with Gasteiger partial charge in [0.15, 0.2) is 11.5 Å². The maximum atomic E-state index is 10.1. The first-order valence-electron chi connectivity index (χ1n) is 6.48. The minimum Gasteiger partial charge on any atom is -0.489 e. The van der Waals surface area contributed by atoms with Crippen molar-refractivity contribution in [2.45, 2.75) is 25.4 Å². The highest BCUT2D eigenvalue weighted by molar-refractivity contribution is 6.32. The molecule has 2 rings (SSSR count). The van der Waals surface area contributed by atoms with Crippen molar-refractivity contribution >= 4 is 11.6 Å². The first-order valence-corrected chi connectivity index (χ1v) is 6.86. The number of aliphatic hydroxyl groups is 1. The second-order valence-corrected chi connectivity index (χ2v) is 4.94. The molecule has 0 saturated carbocycles. The van der Waals surface area contributed by atoms with Crippen molar-refractivity contribution in [2.75, 3.05) is 26.9 Å². The Balaban J connectivity index is 2.13. The lowest BCUT2D eigenvalue weighted by atomic mass is 10.0. The number of methoxy groups -OCH3 is 1. The molecule has 0 amide bonds. The van der Waals surface area contributed by atoms with Crippen LogP contribution in [0.4, 0.5) is 0 Å². The SMILES string of the molecule is COCCCC(O)c1cc(Cl)c2c(c1)OCCCO2. The van der Waals surface area contributed by atoms with Gasteiger partial charge in [0.25, 0.3) is 0 Å². The zero-order chi connectivity index (χ0) is 13.7. The summed E-state index contributed by atoms with van der Waals surface area (Å²) in [6, 6.07) is 3.55. The molecule has 0 aliphatic carbocycles. The van der Waals surface area contributed by atoms with E-state index in [1.165, 1.54) is 0 Å². The Hall–Kier alpha value is -0.970. The number of hydrogen-bond acceptors (Lipinski definition) is 4. The third kappa shape index (κ3) is 3.75. The molecular formula is C14H19ClO4. The average Bonchev–Trinajstić information content (AvgIpc) is 2.64. The van der Waals surface area contributed by atoms with Gasteiger partial charge < -0.3 is 19.3 Å². The molecule has 0 saturated heterocycles. The second-order valence-electron chi connectivity index (χ2n) is 4.53. The molecule has 106 valence electrons. The number of hydrogen-bond donors (Lipinski definition) is 1. The van der Waals surface area contributed by atoms with Crippen molar-refractivity contribution < 1.29 is 19.3 Å². The van der Waals surface area contributed by atoms with Gasteiger partial charge in [-0.2, -0.15) is 0 Å². The molecule has 1 aliphatic heterocycles. The van der Waals surface area contributed by atoms with Crippen molar-refractivity contribution in [1.29, 1.82) is 0 Å². The normalized spacial score (nSPS) is 15.9.